The van der Waals surface area contributed by atoms with Gasteiger partial charge in [-0.25, -0.2) is 0 Å². The molecule has 21 heavy (non-hydrogen) atoms. The zero-order chi connectivity index (χ0) is 16.2. The molecule has 0 aliphatic heterocycles. The van der Waals surface area contributed by atoms with E-state index in [4.69, 9.17) is 0 Å². The van der Waals surface area contributed by atoms with Crippen LogP contribution >= 0.6 is 15.9 Å². The summed E-state index contributed by atoms with van der Waals surface area (Å²) in [5.41, 5.74) is 0.340. The summed E-state index contributed by atoms with van der Waals surface area (Å²) >= 11 is 3.23. The Kier molecular flexibility index (Phi) is 5.83. The van der Waals surface area contributed by atoms with E-state index in [-0.39, 0.29) is 11.3 Å². The minimum atomic E-state index is -1.49. The highest BCUT2D eigenvalue weighted by molar-refractivity contribution is 9.10. The predicted molar refractivity (Wildman–Crippen MR) is 76.9 cm³/mol. The fraction of sp³-hybridized carbons (Fsp3) is 0.385. The Hall–Kier alpha value is -1.96. The SMILES string of the molecule is CCc1cc(C(C(=O)OC)C(=O)OC)c([N+](=O)[O-])cc1Br. The van der Waals surface area contributed by atoms with Crippen LogP contribution in [0.4, 0.5) is 5.69 Å². The van der Waals surface area contributed by atoms with Crippen molar-refractivity contribution in [3.63, 3.8) is 0 Å². The smallest absolute Gasteiger partial charge is 0.324 e. The molecule has 7 nitrogen and oxygen atoms in total. The van der Waals surface area contributed by atoms with Gasteiger partial charge in [-0.05, 0) is 18.1 Å². The molecule has 0 saturated carbocycles. The van der Waals surface area contributed by atoms with E-state index in [1.807, 2.05) is 6.92 Å². The van der Waals surface area contributed by atoms with E-state index >= 15 is 0 Å². The third-order valence-corrected chi connectivity index (χ3v) is 3.70. The molecule has 0 N–H and O–H groups in total. The molecule has 0 bridgehead atoms. The minimum absolute atomic E-state index is 0.0428. The fourth-order valence-electron chi connectivity index (χ4n) is 1.87. The molecule has 1 aromatic rings. The van der Waals surface area contributed by atoms with Crippen molar-refractivity contribution in [2.75, 3.05) is 14.2 Å². The first-order chi connectivity index (χ1) is 9.87. The van der Waals surface area contributed by atoms with E-state index < -0.39 is 22.8 Å². The van der Waals surface area contributed by atoms with Gasteiger partial charge < -0.3 is 9.47 Å². The van der Waals surface area contributed by atoms with Gasteiger partial charge in [-0.15, -0.1) is 0 Å². The molecule has 0 saturated heterocycles. The second kappa shape index (κ2) is 7.16. The molecular weight excluding hydrogens is 346 g/mol. The van der Waals surface area contributed by atoms with Gasteiger partial charge >= 0.3 is 11.9 Å². The molecule has 0 fully saturated rings. The number of ether oxygens (including phenoxy) is 2. The normalized spacial score (nSPS) is 10.3. The molecule has 0 aromatic heterocycles. The average molecular weight is 360 g/mol. The van der Waals surface area contributed by atoms with Gasteiger partial charge in [-0.2, -0.15) is 0 Å². The van der Waals surface area contributed by atoms with E-state index in [0.29, 0.717) is 10.9 Å². The summed E-state index contributed by atoms with van der Waals surface area (Å²) in [4.78, 5) is 34.2. The molecule has 1 rings (SSSR count). The van der Waals surface area contributed by atoms with Crippen molar-refractivity contribution >= 4 is 33.6 Å². The number of benzene rings is 1. The molecule has 0 radical (unpaired) electrons. The number of aryl methyl sites for hydroxylation is 1. The van der Waals surface area contributed by atoms with Crippen LogP contribution in [0.2, 0.25) is 0 Å². The van der Waals surface area contributed by atoms with Crippen LogP contribution in [0.1, 0.15) is 24.0 Å². The Morgan fingerprint density at radius 2 is 1.81 bits per heavy atom. The lowest BCUT2D eigenvalue weighted by atomic mass is 9.94. The molecule has 0 amide bonds. The first kappa shape index (κ1) is 17.1. The molecular formula is C13H14BrNO6. The lowest BCUT2D eigenvalue weighted by Gasteiger charge is -2.14. The van der Waals surface area contributed by atoms with Crippen LogP contribution in [-0.4, -0.2) is 31.1 Å². The molecule has 0 aliphatic rings. The Balaban J connectivity index is 3.58. The number of halogens is 1. The van der Waals surface area contributed by atoms with Gasteiger partial charge in [-0.3, -0.25) is 19.7 Å². The van der Waals surface area contributed by atoms with Crippen molar-refractivity contribution in [3.05, 3.63) is 37.8 Å². The summed E-state index contributed by atoms with van der Waals surface area (Å²) in [6.07, 6.45) is 0.570. The van der Waals surface area contributed by atoms with Gasteiger partial charge in [0.2, 0.25) is 0 Å². The van der Waals surface area contributed by atoms with Gasteiger partial charge in [0.05, 0.1) is 24.7 Å². The third-order valence-electron chi connectivity index (χ3n) is 2.96. The van der Waals surface area contributed by atoms with Crippen LogP contribution in [0.5, 0.6) is 0 Å². The Morgan fingerprint density at radius 3 is 2.19 bits per heavy atom. The number of rotatable bonds is 5. The van der Waals surface area contributed by atoms with Crippen molar-refractivity contribution in [2.45, 2.75) is 19.3 Å². The summed E-state index contributed by atoms with van der Waals surface area (Å²) in [5, 5.41) is 11.2. The molecule has 0 aliphatic carbocycles. The van der Waals surface area contributed by atoms with Crippen LogP contribution in [0, 0.1) is 10.1 Å². The van der Waals surface area contributed by atoms with Crippen LogP contribution in [0.25, 0.3) is 0 Å². The summed E-state index contributed by atoms with van der Waals surface area (Å²) in [5.74, 6) is -3.30. The van der Waals surface area contributed by atoms with Crippen LogP contribution < -0.4 is 0 Å². The lowest BCUT2D eigenvalue weighted by molar-refractivity contribution is -0.385. The highest BCUT2D eigenvalue weighted by Crippen LogP contribution is 2.34. The highest BCUT2D eigenvalue weighted by Gasteiger charge is 2.36. The van der Waals surface area contributed by atoms with Crippen LogP contribution in [0.3, 0.4) is 0 Å². The van der Waals surface area contributed by atoms with E-state index in [1.54, 1.807) is 0 Å². The molecule has 0 heterocycles. The lowest BCUT2D eigenvalue weighted by Crippen LogP contribution is -2.25. The van der Waals surface area contributed by atoms with Gasteiger partial charge in [0.1, 0.15) is 0 Å². The van der Waals surface area contributed by atoms with Crippen molar-refractivity contribution in [1.82, 2.24) is 0 Å². The maximum absolute atomic E-state index is 11.8. The monoisotopic (exact) mass is 359 g/mol. The van der Waals surface area contributed by atoms with Gasteiger partial charge in [0.15, 0.2) is 5.92 Å². The van der Waals surface area contributed by atoms with Crippen molar-refractivity contribution in [2.24, 2.45) is 0 Å². The van der Waals surface area contributed by atoms with Crippen LogP contribution in [-0.2, 0) is 25.5 Å². The zero-order valence-electron chi connectivity index (χ0n) is 11.7. The average Bonchev–Trinajstić information content (AvgIpc) is 2.47. The Morgan fingerprint density at radius 1 is 1.29 bits per heavy atom. The fourth-order valence-corrected chi connectivity index (χ4v) is 2.48. The number of carbonyl (C=O) groups is 2. The molecule has 0 unspecified atom stereocenters. The maximum atomic E-state index is 11.8. The number of methoxy groups -OCH3 is 2. The molecule has 1 aromatic carbocycles. The minimum Gasteiger partial charge on any atom is -0.468 e. The quantitative estimate of drug-likeness (QED) is 0.346. The first-order valence-corrected chi connectivity index (χ1v) is 6.79. The summed E-state index contributed by atoms with van der Waals surface area (Å²) in [7, 11) is 2.20. The maximum Gasteiger partial charge on any atom is 0.324 e. The van der Waals surface area contributed by atoms with Crippen molar-refractivity contribution in [1.29, 1.82) is 0 Å². The first-order valence-electron chi connectivity index (χ1n) is 5.99. The standard InChI is InChI=1S/C13H14BrNO6/c1-4-7-5-8(10(15(18)19)6-9(7)14)11(12(16)20-2)13(17)21-3/h5-6,11H,4H2,1-3H3. The number of nitrogens with zero attached hydrogens (tertiary/aromatic N) is 1. The number of nitro groups is 1. The zero-order valence-corrected chi connectivity index (χ0v) is 13.3. The molecule has 0 spiro atoms. The number of esters is 2. The Bertz CT molecular complexity index is 570. The van der Waals surface area contributed by atoms with Gasteiger partial charge in [-0.1, -0.05) is 22.9 Å². The van der Waals surface area contributed by atoms with E-state index in [2.05, 4.69) is 25.4 Å². The van der Waals surface area contributed by atoms with Crippen LogP contribution in [0.15, 0.2) is 16.6 Å². The second-order valence-corrected chi connectivity index (χ2v) is 4.95. The molecule has 114 valence electrons. The van der Waals surface area contributed by atoms with E-state index in [9.17, 15) is 19.7 Å². The predicted octanol–water partition coefficient (Wildman–Crippen LogP) is 2.35. The second-order valence-electron chi connectivity index (χ2n) is 4.09. The number of nitro benzene ring substituents is 1. The van der Waals surface area contributed by atoms with Gasteiger partial charge in [0, 0.05) is 10.5 Å². The third kappa shape index (κ3) is 3.57. The Labute approximate surface area is 129 Å². The molecule has 0 atom stereocenters. The number of hydrogen-bond donors (Lipinski definition) is 0. The summed E-state index contributed by atoms with van der Waals surface area (Å²) < 4.78 is 9.64. The molecule has 8 heteroatoms. The summed E-state index contributed by atoms with van der Waals surface area (Å²) in [6, 6.07) is 2.72. The summed E-state index contributed by atoms with van der Waals surface area (Å²) in [6.45, 7) is 1.85. The van der Waals surface area contributed by atoms with E-state index in [0.717, 1.165) is 19.8 Å². The topological polar surface area (TPSA) is 95.7 Å². The van der Waals surface area contributed by atoms with E-state index in [1.165, 1.54) is 12.1 Å². The van der Waals surface area contributed by atoms with Crippen molar-refractivity contribution < 1.29 is 24.0 Å². The van der Waals surface area contributed by atoms with Gasteiger partial charge in [0.25, 0.3) is 5.69 Å². The largest absolute Gasteiger partial charge is 0.468 e. The number of hydrogen-bond acceptors (Lipinski definition) is 6. The highest BCUT2D eigenvalue weighted by atomic mass is 79.9. The van der Waals surface area contributed by atoms with Crippen molar-refractivity contribution in [3.8, 4) is 0 Å². The number of carbonyl (C=O) groups excluding carboxylic acids is 2.